The molecule has 31 heavy (non-hydrogen) atoms. The molecule has 5 nitrogen and oxygen atoms in total. The van der Waals surface area contributed by atoms with Gasteiger partial charge in [-0.15, -0.1) is 0 Å². The fourth-order valence-electron chi connectivity index (χ4n) is 2.65. The van der Waals surface area contributed by atoms with Gasteiger partial charge in [-0.05, 0) is 83.9 Å². The van der Waals surface area contributed by atoms with Gasteiger partial charge in [0.15, 0.2) is 16.7 Å². The van der Waals surface area contributed by atoms with E-state index >= 15 is 0 Å². The smallest absolute Gasteiger partial charge is 0.264 e. The molecule has 0 spiro atoms. The highest BCUT2D eigenvalue weighted by Gasteiger charge is 2.25. The first-order chi connectivity index (χ1) is 14.8. The maximum absolute atomic E-state index is 12.5. The first kappa shape index (κ1) is 24.0. The summed E-state index contributed by atoms with van der Waals surface area (Å²) >= 11 is 17.0. The van der Waals surface area contributed by atoms with Crippen LogP contribution in [0.15, 0.2) is 44.7 Å². The number of ether oxygens (including phenoxy) is 2. The van der Waals surface area contributed by atoms with Crippen LogP contribution in [0.5, 0.6) is 11.5 Å². The monoisotopic (exact) mass is 542 g/mol. The van der Waals surface area contributed by atoms with Crippen molar-refractivity contribution < 1.29 is 14.3 Å². The maximum Gasteiger partial charge on any atom is 0.264 e. The van der Waals surface area contributed by atoms with Crippen molar-refractivity contribution in [3.8, 4) is 11.5 Å². The van der Waals surface area contributed by atoms with Gasteiger partial charge in [0.1, 0.15) is 0 Å². The zero-order valence-corrected chi connectivity index (χ0v) is 21.1. The minimum atomic E-state index is -0.240. The lowest BCUT2D eigenvalue weighted by Gasteiger charge is -2.18. The number of halogens is 3. The fraction of sp³-hybridized carbons (Fsp3) is 0.273. The lowest BCUT2D eigenvalue weighted by atomic mass is 10.1. The molecule has 0 saturated carbocycles. The predicted octanol–water partition coefficient (Wildman–Crippen LogP) is 7.22. The Morgan fingerprint density at radius 2 is 2.06 bits per heavy atom. The van der Waals surface area contributed by atoms with Crippen LogP contribution in [0.25, 0.3) is 6.08 Å². The number of carbonyl (C=O) groups excluding carboxylic acids is 1. The molecule has 1 atom stereocenters. The number of benzene rings is 2. The summed E-state index contributed by atoms with van der Waals surface area (Å²) in [6.45, 7) is 6.47. The molecule has 0 bridgehead atoms. The number of thioether (sulfide) groups is 1. The lowest BCUT2D eigenvalue weighted by molar-refractivity contribution is -0.115. The van der Waals surface area contributed by atoms with E-state index in [-0.39, 0.29) is 12.0 Å². The molecule has 1 amide bonds. The third-order valence-corrected chi connectivity index (χ3v) is 6.64. The molecule has 9 heteroatoms. The number of nitrogens with zero attached hydrogens (tertiary/aromatic N) is 1. The van der Waals surface area contributed by atoms with Crippen LogP contribution in [-0.4, -0.2) is 23.8 Å². The number of nitrogens with one attached hydrogen (secondary N) is 1. The Hall–Kier alpha value is -1.67. The molecule has 0 unspecified atom stereocenters. The van der Waals surface area contributed by atoms with E-state index in [9.17, 15) is 4.79 Å². The average Bonchev–Trinajstić information content (AvgIpc) is 3.07. The summed E-state index contributed by atoms with van der Waals surface area (Å²) in [6, 6.07) is 8.92. The summed E-state index contributed by atoms with van der Waals surface area (Å²) in [5.41, 5.74) is 1.29. The van der Waals surface area contributed by atoms with E-state index in [2.05, 4.69) is 33.2 Å². The molecule has 1 aliphatic rings. The molecule has 1 heterocycles. The van der Waals surface area contributed by atoms with Gasteiger partial charge in [-0.3, -0.25) is 4.79 Å². The van der Waals surface area contributed by atoms with Gasteiger partial charge >= 0.3 is 0 Å². The zero-order valence-electron chi connectivity index (χ0n) is 17.2. The number of hydrogen-bond donors (Lipinski definition) is 1. The standard InChI is InChI=1S/C22H21BrCl2N2O3S/c1-4-12(3)30-20-14(23)9-13(10-17(20)29-5-2)11-18-21(28)27-22(31-18)26-16-8-6-7-15(24)19(16)25/h6-12H,4-5H2,1-3H3,(H,26,27,28)/b18-11+/t12-/m0/s1. The quantitative estimate of drug-likeness (QED) is 0.374. The van der Waals surface area contributed by atoms with Crippen molar-refractivity contribution in [2.24, 2.45) is 4.99 Å². The predicted molar refractivity (Wildman–Crippen MR) is 133 cm³/mol. The summed E-state index contributed by atoms with van der Waals surface area (Å²) in [6.07, 6.45) is 2.70. The molecule has 0 aromatic heterocycles. The molecule has 1 saturated heterocycles. The molecule has 2 aromatic carbocycles. The van der Waals surface area contributed by atoms with Crippen LogP contribution in [0.4, 0.5) is 5.69 Å². The van der Waals surface area contributed by atoms with Crippen molar-refractivity contribution in [3.63, 3.8) is 0 Å². The van der Waals surface area contributed by atoms with Gasteiger partial charge in [0.05, 0.1) is 37.8 Å². The van der Waals surface area contributed by atoms with Gasteiger partial charge in [0.2, 0.25) is 0 Å². The first-order valence-corrected chi connectivity index (χ1v) is 12.1. The van der Waals surface area contributed by atoms with Crippen LogP contribution in [0.1, 0.15) is 32.8 Å². The van der Waals surface area contributed by atoms with E-state index in [0.29, 0.717) is 43.9 Å². The van der Waals surface area contributed by atoms with E-state index in [4.69, 9.17) is 32.7 Å². The molecule has 0 aliphatic carbocycles. The Kier molecular flexibility index (Phi) is 8.33. The highest BCUT2D eigenvalue weighted by atomic mass is 79.9. The van der Waals surface area contributed by atoms with Crippen LogP contribution >= 0.6 is 50.9 Å². The molecule has 2 aromatic rings. The Bertz CT molecular complexity index is 1060. The van der Waals surface area contributed by atoms with Crippen molar-refractivity contribution in [2.75, 3.05) is 6.61 Å². The minimum Gasteiger partial charge on any atom is -0.490 e. The summed E-state index contributed by atoms with van der Waals surface area (Å²) in [5, 5.41) is 3.93. The summed E-state index contributed by atoms with van der Waals surface area (Å²) in [4.78, 5) is 17.4. The average molecular weight is 544 g/mol. The fourth-order valence-corrected chi connectivity index (χ4v) is 4.38. The zero-order chi connectivity index (χ0) is 22.5. The van der Waals surface area contributed by atoms with Crippen LogP contribution < -0.4 is 14.8 Å². The summed E-state index contributed by atoms with van der Waals surface area (Å²) in [5.74, 6) is 1.03. The van der Waals surface area contributed by atoms with E-state index < -0.39 is 0 Å². The number of aliphatic imine (C=N–C) groups is 1. The topological polar surface area (TPSA) is 59.9 Å². The van der Waals surface area contributed by atoms with Crippen LogP contribution in [0.2, 0.25) is 10.0 Å². The SMILES string of the molecule is CCOc1cc(/C=C2/SC(=Nc3cccc(Cl)c3Cl)NC2=O)cc(Br)c1O[C@@H](C)CC. The Morgan fingerprint density at radius 3 is 2.77 bits per heavy atom. The highest BCUT2D eigenvalue weighted by Crippen LogP contribution is 2.40. The molecular weight excluding hydrogens is 523 g/mol. The van der Waals surface area contributed by atoms with E-state index in [1.807, 2.05) is 26.0 Å². The Balaban J connectivity index is 1.89. The molecule has 3 rings (SSSR count). The van der Waals surface area contributed by atoms with E-state index in [1.54, 1.807) is 24.3 Å². The number of hydrogen-bond acceptors (Lipinski definition) is 5. The maximum atomic E-state index is 12.5. The minimum absolute atomic E-state index is 0.0490. The van der Waals surface area contributed by atoms with Gasteiger partial charge in [-0.1, -0.05) is 36.2 Å². The first-order valence-electron chi connectivity index (χ1n) is 9.69. The van der Waals surface area contributed by atoms with Crippen molar-refractivity contribution in [2.45, 2.75) is 33.3 Å². The number of amides is 1. The Morgan fingerprint density at radius 1 is 1.29 bits per heavy atom. The molecule has 1 N–H and O–H groups in total. The third-order valence-electron chi connectivity index (χ3n) is 4.33. The van der Waals surface area contributed by atoms with Crippen molar-refractivity contribution in [1.82, 2.24) is 5.32 Å². The van der Waals surface area contributed by atoms with Crippen LogP contribution in [-0.2, 0) is 4.79 Å². The molecule has 0 radical (unpaired) electrons. The number of amidine groups is 1. The summed E-state index contributed by atoms with van der Waals surface area (Å²) in [7, 11) is 0. The normalized spacial score (nSPS) is 17.2. The van der Waals surface area contributed by atoms with Crippen molar-refractivity contribution in [3.05, 3.63) is 55.3 Å². The van der Waals surface area contributed by atoms with Gasteiger partial charge in [0, 0.05) is 0 Å². The van der Waals surface area contributed by atoms with Gasteiger partial charge in [0.25, 0.3) is 5.91 Å². The summed E-state index contributed by atoms with van der Waals surface area (Å²) < 4.78 is 12.5. The Labute approximate surface area is 204 Å². The second-order valence-corrected chi connectivity index (χ2v) is 9.32. The van der Waals surface area contributed by atoms with Crippen molar-refractivity contribution in [1.29, 1.82) is 0 Å². The second-order valence-electron chi connectivity index (χ2n) is 6.65. The van der Waals surface area contributed by atoms with Gasteiger partial charge in [-0.2, -0.15) is 0 Å². The van der Waals surface area contributed by atoms with Gasteiger partial charge < -0.3 is 14.8 Å². The van der Waals surface area contributed by atoms with Gasteiger partial charge in [-0.25, -0.2) is 4.99 Å². The van der Waals surface area contributed by atoms with Crippen LogP contribution in [0, 0.1) is 0 Å². The number of carbonyl (C=O) groups is 1. The lowest BCUT2D eigenvalue weighted by Crippen LogP contribution is -2.19. The highest BCUT2D eigenvalue weighted by molar-refractivity contribution is 9.10. The molecule has 1 fully saturated rings. The third kappa shape index (κ3) is 5.98. The molecule has 164 valence electrons. The van der Waals surface area contributed by atoms with Crippen LogP contribution in [0.3, 0.4) is 0 Å². The van der Waals surface area contributed by atoms with E-state index in [1.165, 1.54) is 11.8 Å². The second kappa shape index (κ2) is 10.8. The van der Waals surface area contributed by atoms with Crippen molar-refractivity contribution >= 4 is 73.7 Å². The van der Waals surface area contributed by atoms with E-state index in [0.717, 1.165) is 16.5 Å². The number of rotatable bonds is 7. The molecule has 1 aliphatic heterocycles. The molecular formula is C22H21BrCl2N2O3S. The largest absolute Gasteiger partial charge is 0.490 e.